The average Bonchev–Trinajstić information content (AvgIpc) is 3.17. The fraction of sp³-hybridized carbons (Fsp3) is 0.0417. The van der Waals surface area contributed by atoms with Crippen molar-refractivity contribution in [1.29, 1.82) is 0 Å². The summed E-state index contributed by atoms with van der Waals surface area (Å²) in [5.41, 5.74) is 3.49. The zero-order chi connectivity index (χ0) is 23.5. The number of rotatable bonds is 6. The molecule has 0 fully saturated rings. The molecule has 4 aromatic rings. The normalized spacial score (nSPS) is 11.2. The van der Waals surface area contributed by atoms with E-state index in [9.17, 15) is 9.59 Å². The third-order valence-electron chi connectivity index (χ3n) is 4.65. The zero-order valence-corrected chi connectivity index (χ0v) is 19.1. The van der Waals surface area contributed by atoms with Gasteiger partial charge in [0, 0.05) is 11.8 Å². The monoisotopic (exact) mass is 500 g/mol. The van der Waals surface area contributed by atoms with Gasteiger partial charge in [0.05, 0.1) is 27.1 Å². The van der Waals surface area contributed by atoms with Gasteiger partial charge in [-0.25, -0.2) is 4.98 Å². The van der Waals surface area contributed by atoms with Crippen LogP contribution in [0.15, 0.2) is 65.1 Å². The molecular weight excluding hydrogens is 487 g/mol. The quantitative estimate of drug-likeness (QED) is 0.286. The molecular formula is C24H15Cl3N2O4. The molecule has 3 aromatic carbocycles. The number of nitrogens with zero attached hydrogens (tertiary/aromatic N) is 1. The minimum atomic E-state index is -0.921. The number of benzene rings is 3. The molecule has 9 heteroatoms. The van der Waals surface area contributed by atoms with Gasteiger partial charge in [-0.3, -0.25) is 9.59 Å². The van der Waals surface area contributed by atoms with Gasteiger partial charge >= 0.3 is 5.97 Å². The molecule has 0 saturated carbocycles. The van der Waals surface area contributed by atoms with Crippen LogP contribution in [0.5, 0.6) is 0 Å². The minimum Gasteiger partial charge on any atom is -0.481 e. The van der Waals surface area contributed by atoms with Crippen LogP contribution in [-0.4, -0.2) is 22.0 Å². The summed E-state index contributed by atoms with van der Waals surface area (Å²) in [6.45, 7) is 0. The number of carbonyl (C=O) groups is 2. The number of nitrogens with one attached hydrogen (secondary N) is 1. The molecule has 0 unspecified atom stereocenters. The third kappa shape index (κ3) is 5.54. The maximum absolute atomic E-state index is 12.2. The third-order valence-corrected chi connectivity index (χ3v) is 5.70. The van der Waals surface area contributed by atoms with E-state index in [0.29, 0.717) is 54.4 Å². The molecule has 2 N–H and O–H groups in total. The molecule has 0 aliphatic rings. The Bertz CT molecular complexity index is 1410. The predicted molar refractivity (Wildman–Crippen MR) is 130 cm³/mol. The summed E-state index contributed by atoms with van der Waals surface area (Å²) in [5, 5.41) is 12.8. The van der Waals surface area contributed by atoms with Crippen LogP contribution in [-0.2, 0) is 16.0 Å². The van der Waals surface area contributed by atoms with Crippen molar-refractivity contribution in [3.05, 3.63) is 86.9 Å². The van der Waals surface area contributed by atoms with E-state index >= 15 is 0 Å². The van der Waals surface area contributed by atoms with E-state index in [1.54, 1.807) is 60.7 Å². The molecule has 0 bridgehead atoms. The standard InChI is InChI=1S/C24H15Cl3N2O4/c25-17-6-4-15(12-19(17)27)28-22(30)8-3-13-1-5-16(18(26)9-13)24-29-20-10-14(11-23(31)32)2-7-21(20)33-24/h1-10,12H,11H2,(H,28,30)(H,31,32)/b8-3+. The number of carbonyl (C=O) groups excluding carboxylic acids is 1. The van der Waals surface area contributed by atoms with Gasteiger partial charge in [0.1, 0.15) is 5.52 Å². The van der Waals surface area contributed by atoms with E-state index in [1.807, 2.05) is 0 Å². The predicted octanol–water partition coefficient (Wildman–Crippen LogP) is 6.73. The smallest absolute Gasteiger partial charge is 0.307 e. The maximum atomic E-state index is 12.2. The number of aliphatic carboxylic acids is 1. The van der Waals surface area contributed by atoms with E-state index in [0.717, 1.165) is 0 Å². The number of hydrogen-bond acceptors (Lipinski definition) is 4. The van der Waals surface area contributed by atoms with Crippen LogP contribution in [0.2, 0.25) is 15.1 Å². The second kappa shape index (κ2) is 9.67. The maximum Gasteiger partial charge on any atom is 0.307 e. The highest BCUT2D eigenvalue weighted by Gasteiger charge is 2.13. The fourth-order valence-corrected chi connectivity index (χ4v) is 3.68. The summed E-state index contributed by atoms with van der Waals surface area (Å²) in [4.78, 5) is 27.5. The number of anilines is 1. The first-order chi connectivity index (χ1) is 15.8. The molecule has 0 radical (unpaired) electrons. The summed E-state index contributed by atoms with van der Waals surface area (Å²) < 4.78 is 5.77. The lowest BCUT2D eigenvalue weighted by Gasteiger charge is -2.04. The highest BCUT2D eigenvalue weighted by molar-refractivity contribution is 6.42. The van der Waals surface area contributed by atoms with E-state index in [-0.39, 0.29) is 12.3 Å². The van der Waals surface area contributed by atoms with Gasteiger partial charge in [-0.1, -0.05) is 46.9 Å². The van der Waals surface area contributed by atoms with Crippen molar-refractivity contribution >= 4 is 69.5 Å². The van der Waals surface area contributed by atoms with Gasteiger partial charge in [0.15, 0.2) is 5.58 Å². The van der Waals surface area contributed by atoms with Crippen LogP contribution in [0.1, 0.15) is 11.1 Å². The topological polar surface area (TPSA) is 92.4 Å². The molecule has 4 rings (SSSR count). The Balaban J connectivity index is 1.50. The van der Waals surface area contributed by atoms with Crippen molar-refractivity contribution in [2.45, 2.75) is 6.42 Å². The summed E-state index contributed by atoms with van der Waals surface area (Å²) in [7, 11) is 0. The van der Waals surface area contributed by atoms with Gasteiger partial charge in [-0.2, -0.15) is 0 Å². The van der Waals surface area contributed by atoms with Crippen molar-refractivity contribution in [1.82, 2.24) is 4.98 Å². The van der Waals surface area contributed by atoms with Crippen LogP contribution < -0.4 is 5.32 Å². The molecule has 1 aromatic heterocycles. The van der Waals surface area contributed by atoms with Gasteiger partial charge in [-0.15, -0.1) is 0 Å². The Morgan fingerprint density at radius 3 is 2.52 bits per heavy atom. The lowest BCUT2D eigenvalue weighted by molar-refractivity contribution is -0.136. The Morgan fingerprint density at radius 2 is 1.79 bits per heavy atom. The minimum absolute atomic E-state index is 0.0987. The van der Waals surface area contributed by atoms with Gasteiger partial charge in [-0.05, 0) is 59.7 Å². The van der Waals surface area contributed by atoms with Gasteiger partial charge in [0.25, 0.3) is 0 Å². The van der Waals surface area contributed by atoms with Gasteiger partial charge < -0.3 is 14.8 Å². The highest BCUT2D eigenvalue weighted by Crippen LogP contribution is 2.31. The fourth-order valence-electron chi connectivity index (χ4n) is 3.11. The Hall–Kier alpha value is -3.32. The number of fused-ring (bicyclic) bond motifs is 1. The lowest BCUT2D eigenvalue weighted by atomic mass is 10.1. The largest absolute Gasteiger partial charge is 0.481 e. The second-order valence-corrected chi connectivity index (χ2v) is 8.30. The molecule has 1 heterocycles. The van der Waals surface area contributed by atoms with Crippen LogP contribution in [0.4, 0.5) is 5.69 Å². The molecule has 6 nitrogen and oxygen atoms in total. The van der Waals surface area contributed by atoms with Crippen molar-refractivity contribution in [2.75, 3.05) is 5.32 Å². The summed E-state index contributed by atoms with van der Waals surface area (Å²) in [6, 6.07) is 15.0. The first-order valence-corrected chi connectivity index (χ1v) is 10.8. The molecule has 0 spiro atoms. The SMILES string of the molecule is O=C(O)Cc1ccc2oc(-c3ccc(/C=C/C(=O)Nc4ccc(Cl)c(Cl)c4)cc3Cl)nc2c1. The van der Waals surface area contributed by atoms with Crippen LogP contribution in [0, 0.1) is 0 Å². The number of carboxylic acids is 1. The van der Waals surface area contributed by atoms with Crippen LogP contribution >= 0.6 is 34.8 Å². The number of carboxylic acid groups (broad SMARTS) is 1. The number of amides is 1. The van der Waals surface area contributed by atoms with Crippen LogP contribution in [0.25, 0.3) is 28.6 Å². The number of oxazole rings is 1. The second-order valence-electron chi connectivity index (χ2n) is 7.08. The van der Waals surface area contributed by atoms with Crippen LogP contribution in [0.3, 0.4) is 0 Å². The van der Waals surface area contributed by atoms with Gasteiger partial charge in [0.2, 0.25) is 11.8 Å². The number of hydrogen-bond donors (Lipinski definition) is 2. The molecule has 0 aliphatic heterocycles. The summed E-state index contributed by atoms with van der Waals surface area (Å²) in [5.74, 6) is -0.949. The van der Waals surface area contributed by atoms with E-state index < -0.39 is 5.97 Å². The number of aromatic nitrogens is 1. The van der Waals surface area contributed by atoms with Crippen molar-refractivity contribution in [3.8, 4) is 11.5 Å². The Morgan fingerprint density at radius 1 is 0.970 bits per heavy atom. The molecule has 0 aliphatic carbocycles. The summed E-state index contributed by atoms with van der Waals surface area (Å²) >= 11 is 18.3. The average molecular weight is 502 g/mol. The zero-order valence-electron chi connectivity index (χ0n) is 16.8. The van der Waals surface area contributed by atoms with Crippen molar-refractivity contribution in [3.63, 3.8) is 0 Å². The molecule has 33 heavy (non-hydrogen) atoms. The molecule has 166 valence electrons. The lowest BCUT2D eigenvalue weighted by Crippen LogP contribution is -2.07. The van der Waals surface area contributed by atoms with Crippen molar-refractivity contribution < 1.29 is 19.1 Å². The number of halogens is 3. The van der Waals surface area contributed by atoms with E-state index in [1.165, 1.54) is 6.08 Å². The van der Waals surface area contributed by atoms with E-state index in [2.05, 4.69) is 10.3 Å². The molecule has 0 saturated heterocycles. The highest BCUT2D eigenvalue weighted by atomic mass is 35.5. The summed E-state index contributed by atoms with van der Waals surface area (Å²) in [6.07, 6.45) is 2.89. The van der Waals surface area contributed by atoms with Crippen molar-refractivity contribution in [2.24, 2.45) is 0 Å². The Kier molecular flexibility index (Phi) is 6.70. The van der Waals surface area contributed by atoms with E-state index in [4.69, 9.17) is 44.3 Å². The first kappa shape index (κ1) is 22.9. The Labute approximate surface area is 203 Å². The first-order valence-electron chi connectivity index (χ1n) is 9.64. The molecule has 0 atom stereocenters. The molecule has 1 amide bonds.